The van der Waals surface area contributed by atoms with E-state index in [4.69, 9.17) is 9.47 Å². The van der Waals surface area contributed by atoms with E-state index in [2.05, 4.69) is 6.92 Å². The van der Waals surface area contributed by atoms with Gasteiger partial charge < -0.3 is 9.47 Å². The maximum absolute atomic E-state index is 13.9. The summed E-state index contributed by atoms with van der Waals surface area (Å²) in [6.45, 7) is 2.25. The lowest BCUT2D eigenvalue weighted by Crippen LogP contribution is -2.36. The molecule has 0 spiro atoms. The molecule has 2 aliphatic carbocycles. The van der Waals surface area contributed by atoms with Gasteiger partial charge >= 0.3 is 12.4 Å². The monoisotopic (exact) mass is 492 g/mol. The molecule has 1 unspecified atom stereocenters. The minimum absolute atomic E-state index is 0.0777. The summed E-state index contributed by atoms with van der Waals surface area (Å²) in [5.41, 5.74) is -3.41. The molecule has 0 aromatic heterocycles. The topological polar surface area (TPSA) is 18.5 Å². The molecule has 8 heteroatoms. The first-order valence-electron chi connectivity index (χ1n) is 12.6. The van der Waals surface area contributed by atoms with Crippen molar-refractivity contribution >= 4 is 0 Å². The van der Waals surface area contributed by atoms with Crippen LogP contribution in [0.3, 0.4) is 0 Å². The van der Waals surface area contributed by atoms with Crippen LogP contribution in [0, 0.1) is 23.7 Å². The summed E-state index contributed by atoms with van der Waals surface area (Å²) in [6.07, 6.45) is -0.0284. The van der Waals surface area contributed by atoms with Crippen LogP contribution in [0.15, 0.2) is 6.07 Å². The molecular formula is C26H34F6O2. The molecule has 4 rings (SSSR count). The second-order valence-corrected chi connectivity index (χ2v) is 10.4. The average Bonchev–Trinajstić information content (AvgIpc) is 2.81. The van der Waals surface area contributed by atoms with Gasteiger partial charge in [-0.05, 0) is 86.7 Å². The van der Waals surface area contributed by atoms with Crippen molar-refractivity contribution in [3.05, 3.63) is 22.8 Å². The number of rotatable bonds is 4. The Bertz CT molecular complexity index is 846. The predicted octanol–water partition coefficient (Wildman–Crippen LogP) is 8.45. The molecule has 0 radical (unpaired) electrons. The molecule has 1 heterocycles. The molecule has 1 aromatic rings. The van der Waals surface area contributed by atoms with E-state index in [-0.39, 0.29) is 17.9 Å². The fraction of sp³-hybridized carbons (Fsp3) is 0.769. The summed E-state index contributed by atoms with van der Waals surface area (Å²) in [7, 11) is 0.955. The normalized spacial score (nSPS) is 30.4. The van der Waals surface area contributed by atoms with Crippen LogP contribution in [0.2, 0.25) is 0 Å². The molecule has 0 amide bonds. The lowest BCUT2D eigenvalue weighted by molar-refractivity contribution is -0.164. The zero-order valence-electron chi connectivity index (χ0n) is 19.8. The highest BCUT2D eigenvalue weighted by atomic mass is 19.4. The van der Waals surface area contributed by atoms with Crippen LogP contribution in [-0.4, -0.2) is 13.2 Å². The molecule has 2 fully saturated rings. The van der Waals surface area contributed by atoms with E-state index in [9.17, 15) is 26.3 Å². The van der Waals surface area contributed by atoms with Gasteiger partial charge in [-0.25, -0.2) is 0 Å². The Hall–Kier alpha value is -1.60. The number of alkyl halides is 6. The minimum Gasteiger partial charge on any atom is -0.496 e. The highest BCUT2D eigenvalue weighted by Gasteiger charge is 2.50. The summed E-state index contributed by atoms with van der Waals surface area (Å²) >= 11 is 0. The number of methoxy groups -OCH3 is 1. The lowest BCUT2D eigenvalue weighted by Gasteiger charge is -2.41. The van der Waals surface area contributed by atoms with E-state index in [0.29, 0.717) is 12.3 Å². The zero-order chi connectivity index (χ0) is 24.7. The molecule has 2 saturated carbocycles. The third-order valence-corrected chi connectivity index (χ3v) is 8.55. The standard InChI is InChI=1S/C26H34F6O2/c1-3-15-4-6-16(7-5-15)17-8-10-18(11-9-17)20-13-12-19-14-21(33-2)22(25(27,28)29)23(24(19)34-20)26(30,31)32/h14-18,20H,3-13H2,1-2H3. The van der Waals surface area contributed by atoms with Gasteiger partial charge in [0, 0.05) is 0 Å². The van der Waals surface area contributed by atoms with Crippen LogP contribution in [0.25, 0.3) is 0 Å². The van der Waals surface area contributed by atoms with Crippen molar-refractivity contribution in [1.29, 1.82) is 0 Å². The van der Waals surface area contributed by atoms with Gasteiger partial charge in [0.15, 0.2) is 0 Å². The van der Waals surface area contributed by atoms with Crippen molar-refractivity contribution in [2.24, 2.45) is 23.7 Å². The van der Waals surface area contributed by atoms with Gasteiger partial charge in [0.1, 0.15) is 28.7 Å². The molecule has 0 N–H and O–H groups in total. The fourth-order valence-electron chi connectivity index (χ4n) is 6.62. The Kier molecular flexibility index (Phi) is 7.35. The predicted molar refractivity (Wildman–Crippen MR) is 117 cm³/mol. The lowest BCUT2D eigenvalue weighted by atomic mass is 9.68. The number of ether oxygens (including phenoxy) is 2. The minimum atomic E-state index is -5.21. The van der Waals surface area contributed by atoms with Crippen LogP contribution in [-0.2, 0) is 18.8 Å². The number of fused-ring (bicyclic) bond motifs is 1. The smallest absolute Gasteiger partial charge is 0.420 e. The highest BCUT2D eigenvalue weighted by Crippen LogP contribution is 2.53. The third kappa shape index (κ3) is 5.15. The first kappa shape index (κ1) is 25.5. The van der Waals surface area contributed by atoms with E-state index in [1.165, 1.54) is 32.1 Å². The van der Waals surface area contributed by atoms with Crippen molar-refractivity contribution in [3.63, 3.8) is 0 Å². The highest BCUT2D eigenvalue weighted by molar-refractivity contribution is 5.57. The van der Waals surface area contributed by atoms with Crippen molar-refractivity contribution in [2.45, 2.75) is 96.0 Å². The van der Waals surface area contributed by atoms with Gasteiger partial charge in [0.05, 0.1) is 7.11 Å². The summed E-state index contributed by atoms with van der Waals surface area (Å²) in [5.74, 6) is 0.836. The van der Waals surface area contributed by atoms with Gasteiger partial charge in [-0.1, -0.05) is 26.2 Å². The third-order valence-electron chi connectivity index (χ3n) is 8.55. The molecule has 1 atom stereocenters. The van der Waals surface area contributed by atoms with Crippen molar-refractivity contribution in [1.82, 2.24) is 0 Å². The Morgan fingerprint density at radius 2 is 1.32 bits per heavy atom. The molecular weight excluding hydrogens is 458 g/mol. The Balaban J connectivity index is 1.50. The van der Waals surface area contributed by atoms with E-state index in [0.717, 1.165) is 50.7 Å². The summed E-state index contributed by atoms with van der Waals surface area (Å²) in [4.78, 5) is 0. The van der Waals surface area contributed by atoms with Crippen molar-refractivity contribution in [3.8, 4) is 11.5 Å². The van der Waals surface area contributed by atoms with E-state index >= 15 is 0 Å². The van der Waals surface area contributed by atoms with Crippen LogP contribution < -0.4 is 9.47 Å². The Morgan fingerprint density at radius 1 is 0.794 bits per heavy atom. The van der Waals surface area contributed by atoms with E-state index < -0.39 is 41.1 Å². The van der Waals surface area contributed by atoms with E-state index in [1.54, 1.807) is 0 Å². The SMILES string of the molecule is CCC1CCC(C2CCC(C3CCc4cc(OC)c(C(F)(F)F)c(C(F)(F)F)c4O3)CC2)CC1. The van der Waals surface area contributed by atoms with Crippen molar-refractivity contribution in [2.75, 3.05) is 7.11 Å². The zero-order valence-corrected chi connectivity index (χ0v) is 19.8. The molecule has 2 nitrogen and oxygen atoms in total. The number of hydrogen-bond acceptors (Lipinski definition) is 2. The molecule has 3 aliphatic rings. The molecule has 0 saturated heterocycles. The van der Waals surface area contributed by atoms with Gasteiger partial charge in [-0.2, -0.15) is 26.3 Å². The molecule has 1 aliphatic heterocycles. The maximum Gasteiger partial charge on any atom is 0.420 e. The second kappa shape index (κ2) is 9.81. The molecule has 0 bridgehead atoms. The first-order valence-corrected chi connectivity index (χ1v) is 12.6. The van der Waals surface area contributed by atoms with Crippen molar-refractivity contribution < 1.29 is 35.8 Å². The van der Waals surface area contributed by atoms with Crippen LogP contribution in [0.1, 0.15) is 87.8 Å². The number of aryl methyl sites for hydroxylation is 1. The number of halogens is 6. The van der Waals surface area contributed by atoms with E-state index in [1.807, 2.05) is 0 Å². The average molecular weight is 493 g/mol. The number of benzene rings is 1. The fourth-order valence-corrected chi connectivity index (χ4v) is 6.62. The summed E-state index contributed by atoms with van der Waals surface area (Å²) in [5, 5.41) is 0. The largest absolute Gasteiger partial charge is 0.496 e. The number of hydrogen-bond donors (Lipinski definition) is 0. The first-order chi connectivity index (χ1) is 16.0. The maximum atomic E-state index is 13.9. The molecule has 192 valence electrons. The van der Waals surface area contributed by atoms with Crippen LogP contribution in [0.5, 0.6) is 11.5 Å². The molecule has 1 aromatic carbocycles. The van der Waals surface area contributed by atoms with Gasteiger partial charge in [-0.15, -0.1) is 0 Å². The second-order valence-electron chi connectivity index (χ2n) is 10.4. The summed E-state index contributed by atoms with van der Waals surface area (Å²) < 4.78 is 93.3. The molecule has 34 heavy (non-hydrogen) atoms. The van der Waals surface area contributed by atoms with Crippen LogP contribution in [0.4, 0.5) is 26.3 Å². The Labute approximate surface area is 197 Å². The quantitative estimate of drug-likeness (QED) is 0.393. The van der Waals surface area contributed by atoms with Gasteiger partial charge in [-0.3, -0.25) is 0 Å². The van der Waals surface area contributed by atoms with Gasteiger partial charge in [0.2, 0.25) is 0 Å². The Morgan fingerprint density at radius 3 is 1.82 bits per heavy atom. The van der Waals surface area contributed by atoms with Gasteiger partial charge in [0.25, 0.3) is 0 Å². The summed E-state index contributed by atoms with van der Waals surface area (Å²) in [6, 6.07) is 1.06. The van der Waals surface area contributed by atoms with Crippen LogP contribution >= 0.6 is 0 Å².